The lowest BCUT2D eigenvalue weighted by molar-refractivity contribution is 0.447. The molecule has 0 aliphatic carbocycles. The Bertz CT molecular complexity index is 746. The molecule has 21 heavy (non-hydrogen) atoms. The molecule has 0 fully saturated rings. The predicted octanol–water partition coefficient (Wildman–Crippen LogP) is 4.73. The standard InChI is InChI=1S/C18H18FNO/c1-12-16-5-3-4-6-17(16)21-18(12)13(2)20-11-14-7-9-15(19)10-8-14/h3-10,13,20H,11H2,1-2H3. The Morgan fingerprint density at radius 2 is 1.81 bits per heavy atom. The van der Waals surface area contributed by atoms with Gasteiger partial charge in [-0.15, -0.1) is 0 Å². The van der Waals surface area contributed by atoms with Gasteiger partial charge in [-0.25, -0.2) is 4.39 Å². The van der Waals surface area contributed by atoms with Gasteiger partial charge in [0.2, 0.25) is 0 Å². The van der Waals surface area contributed by atoms with Gasteiger partial charge in [0.1, 0.15) is 17.2 Å². The topological polar surface area (TPSA) is 25.2 Å². The van der Waals surface area contributed by atoms with E-state index in [2.05, 4.69) is 25.2 Å². The number of aryl methyl sites for hydroxylation is 1. The van der Waals surface area contributed by atoms with Crippen LogP contribution < -0.4 is 5.32 Å². The highest BCUT2D eigenvalue weighted by Crippen LogP contribution is 2.29. The summed E-state index contributed by atoms with van der Waals surface area (Å²) in [4.78, 5) is 0. The Morgan fingerprint density at radius 1 is 1.10 bits per heavy atom. The minimum atomic E-state index is -0.208. The summed E-state index contributed by atoms with van der Waals surface area (Å²) in [5.74, 6) is 0.748. The van der Waals surface area contributed by atoms with Gasteiger partial charge in [0.25, 0.3) is 0 Å². The second-order valence-electron chi connectivity index (χ2n) is 5.32. The second-order valence-corrected chi connectivity index (χ2v) is 5.32. The van der Waals surface area contributed by atoms with Gasteiger partial charge in [-0.1, -0.05) is 30.3 Å². The number of rotatable bonds is 4. The highest BCUT2D eigenvalue weighted by Gasteiger charge is 2.15. The monoisotopic (exact) mass is 283 g/mol. The first-order valence-corrected chi connectivity index (χ1v) is 7.11. The van der Waals surface area contributed by atoms with Crippen molar-refractivity contribution in [2.45, 2.75) is 26.4 Å². The lowest BCUT2D eigenvalue weighted by Gasteiger charge is -2.12. The highest BCUT2D eigenvalue weighted by molar-refractivity contribution is 5.82. The number of hydrogen-bond donors (Lipinski definition) is 1. The number of para-hydroxylation sites is 1. The third-order valence-corrected chi connectivity index (χ3v) is 3.80. The molecule has 0 bridgehead atoms. The van der Waals surface area contributed by atoms with Crippen molar-refractivity contribution in [1.29, 1.82) is 0 Å². The fraction of sp³-hybridized carbons (Fsp3) is 0.222. The largest absolute Gasteiger partial charge is 0.459 e. The van der Waals surface area contributed by atoms with Gasteiger partial charge in [-0.2, -0.15) is 0 Å². The number of fused-ring (bicyclic) bond motifs is 1. The molecule has 0 spiro atoms. The summed E-state index contributed by atoms with van der Waals surface area (Å²) in [5.41, 5.74) is 3.14. The molecule has 0 aliphatic rings. The van der Waals surface area contributed by atoms with E-state index in [1.807, 2.05) is 18.2 Å². The molecule has 0 saturated heterocycles. The van der Waals surface area contributed by atoms with E-state index in [1.165, 1.54) is 17.7 Å². The average Bonchev–Trinajstić information content (AvgIpc) is 2.84. The van der Waals surface area contributed by atoms with E-state index in [4.69, 9.17) is 4.42 Å². The molecule has 0 radical (unpaired) electrons. The van der Waals surface area contributed by atoms with Crippen LogP contribution in [0.5, 0.6) is 0 Å². The Hall–Kier alpha value is -2.13. The van der Waals surface area contributed by atoms with Gasteiger partial charge in [-0.05, 0) is 43.2 Å². The molecule has 1 N–H and O–H groups in total. The minimum absolute atomic E-state index is 0.0995. The smallest absolute Gasteiger partial charge is 0.134 e. The molecule has 0 saturated carbocycles. The summed E-state index contributed by atoms with van der Waals surface area (Å²) >= 11 is 0. The summed E-state index contributed by atoms with van der Waals surface area (Å²) in [7, 11) is 0. The zero-order valence-corrected chi connectivity index (χ0v) is 12.2. The van der Waals surface area contributed by atoms with Gasteiger partial charge in [0.05, 0.1) is 6.04 Å². The van der Waals surface area contributed by atoms with Crippen LogP contribution in [-0.2, 0) is 6.54 Å². The lowest BCUT2D eigenvalue weighted by Crippen LogP contribution is -2.18. The van der Waals surface area contributed by atoms with Crippen LogP contribution in [0.4, 0.5) is 4.39 Å². The maximum atomic E-state index is 12.9. The SMILES string of the molecule is Cc1c(C(C)NCc2ccc(F)cc2)oc2ccccc12. The molecule has 0 aliphatic heterocycles. The molecule has 3 aromatic rings. The zero-order valence-electron chi connectivity index (χ0n) is 12.2. The molecule has 3 rings (SSSR count). The molecule has 1 aromatic heterocycles. The van der Waals surface area contributed by atoms with Crippen LogP contribution in [0.15, 0.2) is 52.9 Å². The quantitative estimate of drug-likeness (QED) is 0.748. The Morgan fingerprint density at radius 3 is 2.52 bits per heavy atom. The first-order chi connectivity index (χ1) is 10.1. The van der Waals surface area contributed by atoms with Crippen LogP contribution in [0.25, 0.3) is 11.0 Å². The van der Waals surface area contributed by atoms with E-state index < -0.39 is 0 Å². The molecular formula is C18H18FNO. The average molecular weight is 283 g/mol. The second kappa shape index (κ2) is 5.70. The van der Waals surface area contributed by atoms with Crippen molar-refractivity contribution in [3.05, 3.63) is 71.2 Å². The van der Waals surface area contributed by atoms with E-state index in [0.29, 0.717) is 6.54 Å². The van der Waals surface area contributed by atoms with Crippen LogP contribution in [0.3, 0.4) is 0 Å². The van der Waals surface area contributed by atoms with Crippen LogP contribution in [0.2, 0.25) is 0 Å². The molecule has 0 amide bonds. The first-order valence-electron chi connectivity index (χ1n) is 7.11. The number of hydrogen-bond acceptors (Lipinski definition) is 2. The van der Waals surface area contributed by atoms with Gasteiger partial charge >= 0.3 is 0 Å². The Kier molecular flexibility index (Phi) is 3.76. The maximum absolute atomic E-state index is 12.9. The van der Waals surface area contributed by atoms with E-state index >= 15 is 0 Å². The van der Waals surface area contributed by atoms with Crippen LogP contribution in [0, 0.1) is 12.7 Å². The molecule has 1 unspecified atom stereocenters. The number of nitrogens with one attached hydrogen (secondary N) is 1. The zero-order chi connectivity index (χ0) is 14.8. The summed E-state index contributed by atoms with van der Waals surface area (Å²) < 4.78 is 18.8. The van der Waals surface area contributed by atoms with E-state index in [9.17, 15) is 4.39 Å². The summed E-state index contributed by atoms with van der Waals surface area (Å²) in [6.45, 7) is 4.84. The van der Waals surface area contributed by atoms with Crippen molar-refractivity contribution in [3.8, 4) is 0 Å². The van der Waals surface area contributed by atoms with Crippen LogP contribution >= 0.6 is 0 Å². The molecule has 1 heterocycles. The third kappa shape index (κ3) is 2.83. The first kappa shape index (κ1) is 13.8. The number of halogens is 1. The van der Waals surface area contributed by atoms with Crippen molar-refractivity contribution in [2.24, 2.45) is 0 Å². The van der Waals surface area contributed by atoms with Gasteiger partial charge in [-0.3, -0.25) is 0 Å². The van der Waals surface area contributed by atoms with Crippen molar-refractivity contribution in [2.75, 3.05) is 0 Å². The summed E-state index contributed by atoms with van der Waals surface area (Å²) in [6.07, 6.45) is 0. The fourth-order valence-electron chi connectivity index (χ4n) is 2.57. The van der Waals surface area contributed by atoms with Gasteiger partial charge < -0.3 is 9.73 Å². The lowest BCUT2D eigenvalue weighted by atomic mass is 10.1. The van der Waals surface area contributed by atoms with Crippen molar-refractivity contribution in [3.63, 3.8) is 0 Å². The van der Waals surface area contributed by atoms with Gasteiger partial charge in [0.15, 0.2) is 0 Å². The normalized spacial score (nSPS) is 12.7. The summed E-state index contributed by atoms with van der Waals surface area (Å²) in [5, 5.41) is 4.58. The molecule has 2 nitrogen and oxygen atoms in total. The summed E-state index contributed by atoms with van der Waals surface area (Å²) in [6, 6.07) is 14.7. The molecule has 2 aromatic carbocycles. The highest BCUT2D eigenvalue weighted by atomic mass is 19.1. The van der Waals surface area contributed by atoms with E-state index in [0.717, 1.165) is 22.3 Å². The molecule has 3 heteroatoms. The number of furan rings is 1. The maximum Gasteiger partial charge on any atom is 0.134 e. The van der Waals surface area contributed by atoms with Crippen molar-refractivity contribution >= 4 is 11.0 Å². The van der Waals surface area contributed by atoms with Crippen LogP contribution in [0.1, 0.15) is 29.9 Å². The molecular weight excluding hydrogens is 265 g/mol. The predicted molar refractivity (Wildman–Crippen MR) is 82.6 cm³/mol. The van der Waals surface area contributed by atoms with Crippen LogP contribution in [-0.4, -0.2) is 0 Å². The molecule has 1 atom stereocenters. The Labute approximate surface area is 123 Å². The third-order valence-electron chi connectivity index (χ3n) is 3.80. The number of benzene rings is 2. The van der Waals surface area contributed by atoms with Crippen molar-refractivity contribution < 1.29 is 8.81 Å². The van der Waals surface area contributed by atoms with Gasteiger partial charge in [0, 0.05) is 11.9 Å². The minimum Gasteiger partial charge on any atom is -0.459 e. The van der Waals surface area contributed by atoms with E-state index in [1.54, 1.807) is 12.1 Å². The van der Waals surface area contributed by atoms with E-state index in [-0.39, 0.29) is 11.9 Å². The fourth-order valence-corrected chi connectivity index (χ4v) is 2.57. The Balaban J connectivity index is 1.76. The molecule has 108 valence electrons. The van der Waals surface area contributed by atoms with Crippen molar-refractivity contribution in [1.82, 2.24) is 5.32 Å².